The summed E-state index contributed by atoms with van der Waals surface area (Å²) in [5.74, 6) is 4.94. The molecule has 0 saturated carbocycles. The Kier molecular flexibility index (Phi) is 8.36. The van der Waals surface area contributed by atoms with Gasteiger partial charge in [0.25, 0.3) is 20.1 Å². The van der Waals surface area contributed by atoms with Crippen LogP contribution >= 0.6 is 0 Å². The first-order chi connectivity index (χ1) is 34.9. The third-order valence-corrected chi connectivity index (χ3v) is 16.1. The van der Waals surface area contributed by atoms with Gasteiger partial charge in [-0.2, -0.15) is 0 Å². The van der Waals surface area contributed by atoms with Crippen molar-refractivity contribution >= 4 is 115 Å². The van der Waals surface area contributed by atoms with E-state index in [1.165, 1.54) is 83.5 Å². The van der Waals surface area contributed by atoms with Crippen molar-refractivity contribution in [3.63, 3.8) is 0 Å². The Morgan fingerprint density at radius 1 is 0.361 bits per heavy atom. The lowest BCUT2D eigenvalue weighted by Crippen LogP contribution is -2.65. The number of ether oxygens (including phenoxy) is 3. The van der Waals surface area contributed by atoms with Gasteiger partial charge in [-0.25, -0.2) is 0 Å². The largest absolute Gasteiger partial charge is 0.458 e. The van der Waals surface area contributed by atoms with E-state index in [2.05, 4.69) is 184 Å². The maximum absolute atomic E-state index is 7.19. The van der Waals surface area contributed by atoms with Gasteiger partial charge in [0.05, 0.1) is 23.8 Å². The molecule has 344 valence electrons. The van der Waals surface area contributed by atoms with Crippen LogP contribution in [0.2, 0.25) is 0 Å². The molecule has 8 heterocycles. The van der Waals surface area contributed by atoms with Gasteiger partial charge in [0.15, 0.2) is 0 Å². The molecular formula is C61H48B3N5O3. The Bertz CT molecular complexity index is 3700. The molecule has 0 saturated heterocycles. The Balaban J connectivity index is 1.08. The maximum atomic E-state index is 7.19. The summed E-state index contributed by atoms with van der Waals surface area (Å²) in [7, 11) is 0. The molecule has 15 rings (SSSR count). The highest BCUT2D eigenvalue weighted by Gasteiger charge is 2.49. The third kappa shape index (κ3) is 5.62. The number of aromatic nitrogens is 2. The number of hydrogen-bond donors (Lipinski definition) is 1. The Labute approximate surface area is 420 Å². The number of nitrogens with one attached hydrogen (secondary N) is 1. The molecule has 0 radical (unpaired) electrons. The van der Waals surface area contributed by atoms with E-state index in [0.717, 1.165) is 95.7 Å². The fourth-order valence-corrected chi connectivity index (χ4v) is 13.8. The van der Waals surface area contributed by atoms with Gasteiger partial charge in [-0.15, -0.1) is 0 Å². The van der Waals surface area contributed by atoms with Gasteiger partial charge < -0.3 is 29.3 Å². The van der Waals surface area contributed by atoms with Crippen molar-refractivity contribution < 1.29 is 14.2 Å². The van der Waals surface area contributed by atoms with Crippen molar-refractivity contribution in [2.75, 3.05) is 15.1 Å². The summed E-state index contributed by atoms with van der Waals surface area (Å²) in [4.78, 5) is 14.3. The minimum Gasteiger partial charge on any atom is -0.458 e. The first-order valence-corrected chi connectivity index (χ1v) is 25.1. The molecule has 6 aliphatic heterocycles. The number of pyridine rings is 2. The molecule has 8 nitrogen and oxygen atoms in total. The molecule has 11 heteroatoms. The van der Waals surface area contributed by atoms with E-state index in [1.807, 2.05) is 24.8 Å². The summed E-state index contributed by atoms with van der Waals surface area (Å²) in [6.45, 7) is 19.6. The topological polar surface area (TPSA) is 72.0 Å². The van der Waals surface area contributed by atoms with Crippen molar-refractivity contribution in [2.24, 2.45) is 0 Å². The standard InChI is InChI=1S/C61H48B3N5O3/c1-30-14-35(6)60(36(7)15-30)68-47-26-45-41(62-39-10-12-65-28-55(39)71-52-21-32(3)18-46(67-45)57(52)62)24-42(47)64-43-25-44-51(70-53-22-34(5)23-54-59(53)63(44)40-11-13-66-29-56(40)72-54)27-48(43)69(50-20-33(4)19-49(68)58(50)64)61-37(8)16-31(2)17-38(61)9/h10-29,67H,1-9H3. The lowest BCUT2D eigenvalue weighted by Gasteiger charge is -2.47. The van der Waals surface area contributed by atoms with E-state index in [9.17, 15) is 0 Å². The minimum absolute atomic E-state index is 0.0841. The molecule has 2 aromatic heterocycles. The average molecular weight is 932 g/mol. The average Bonchev–Trinajstić information content (AvgIpc) is 3.33. The number of aryl methyl sites for hydroxylation is 9. The monoisotopic (exact) mass is 931 g/mol. The van der Waals surface area contributed by atoms with Crippen molar-refractivity contribution in [2.45, 2.75) is 62.3 Å². The van der Waals surface area contributed by atoms with Gasteiger partial charge in [-0.1, -0.05) is 47.5 Å². The smallest absolute Gasteiger partial charge is 0.260 e. The molecule has 0 unspecified atom stereocenters. The number of nitrogens with zero attached hydrogens (tertiary/aromatic N) is 4. The number of fused-ring (bicyclic) bond motifs is 12. The van der Waals surface area contributed by atoms with E-state index in [0.29, 0.717) is 0 Å². The molecular weight excluding hydrogens is 883 g/mol. The molecule has 0 fully saturated rings. The highest BCUT2D eigenvalue weighted by Crippen LogP contribution is 2.49. The van der Waals surface area contributed by atoms with Crippen LogP contribution in [0.5, 0.6) is 34.5 Å². The Morgan fingerprint density at radius 2 is 0.806 bits per heavy atom. The van der Waals surface area contributed by atoms with Crippen LogP contribution < -0.4 is 78.5 Å². The molecule has 0 atom stereocenters. The maximum Gasteiger partial charge on any atom is 0.260 e. The molecule has 6 aliphatic rings. The summed E-state index contributed by atoms with van der Waals surface area (Å²) in [6.07, 6.45) is 7.52. The summed E-state index contributed by atoms with van der Waals surface area (Å²) < 4.78 is 20.5. The molecule has 0 spiro atoms. The van der Waals surface area contributed by atoms with Gasteiger partial charge >= 0.3 is 0 Å². The molecule has 9 aromatic rings. The van der Waals surface area contributed by atoms with Crippen LogP contribution in [0.1, 0.15) is 50.1 Å². The van der Waals surface area contributed by atoms with Crippen LogP contribution in [-0.4, -0.2) is 30.1 Å². The van der Waals surface area contributed by atoms with Gasteiger partial charge in [0, 0.05) is 58.0 Å². The zero-order valence-electron chi connectivity index (χ0n) is 41.8. The fraction of sp³-hybridized carbons (Fsp3) is 0.148. The van der Waals surface area contributed by atoms with Crippen molar-refractivity contribution in [3.8, 4) is 34.5 Å². The zero-order chi connectivity index (χ0) is 48.7. The normalized spacial score (nSPS) is 14.2. The Hall–Kier alpha value is -8.17. The minimum atomic E-state index is -0.174. The number of benzene rings is 7. The fourth-order valence-electron chi connectivity index (χ4n) is 13.8. The van der Waals surface area contributed by atoms with Crippen LogP contribution in [-0.2, 0) is 0 Å². The lowest BCUT2D eigenvalue weighted by atomic mass is 9.29. The highest BCUT2D eigenvalue weighted by molar-refractivity contribution is 7.03. The van der Waals surface area contributed by atoms with Crippen LogP contribution in [0.3, 0.4) is 0 Å². The highest BCUT2D eigenvalue weighted by atomic mass is 16.5. The third-order valence-electron chi connectivity index (χ3n) is 16.1. The quantitative estimate of drug-likeness (QED) is 0.173. The second-order valence-electron chi connectivity index (χ2n) is 21.3. The van der Waals surface area contributed by atoms with E-state index in [-0.39, 0.29) is 20.1 Å². The van der Waals surface area contributed by atoms with Gasteiger partial charge in [0.1, 0.15) is 34.5 Å². The second kappa shape index (κ2) is 14.5. The number of hydrogen-bond acceptors (Lipinski definition) is 8. The van der Waals surface area contributed by atoms with Crippen molar-refractivity contribution in [3.05, 3.63) is 172 Å². The number of rotatable bonds is 2. The molecule has 72 heavy (non-hydrogen) atoms. The van der Waals surface area contributed by atoms with Crippen LogP contribution in [0.15, 0.2) is 122 Å². The van der Waals surface area contributed by atoms with Gasteiger partial charge in [-0.3, -0.25) is 9.97 Å². The Morgan fingerprint density at radius 3 is 1.38 bits per heavy atom. The van der Waals surface area contributed by atoms with E-state index in [4.69, 9.17) is 14.2 Å². The summed E-state index contributed by atoms with van der Waals surface area (Å²) >= 11 is 0. The molecule has 0 amide bonds. The predicted octanol–water partition coefficient (Wildman–Crippen LogP) is 8.74. The SMILES string of the molecule is Cc1cc(C)c(N2c3cc4c(cc3B3c5cc6c(cc5N(c5c(C)cc(C)cc5C)c5cc(C)cc2c53)Oc2cc(C)cc3c2B6c2ccncc2O3)B2c3ccncc3Oc3cc(C)cc(c32)N4)c(C)c1. The van der Waals surface area contributed by atoms with Crippen molar-refractivity contribution in [1.82, 2.24) is 9.97 Å². The van der Waals surface area contributed by atoms with E-state index < -0.39 is 0 Å². The van der Waals surface area contributed by atoms with E-state index >= 15 is 0 Å². The number of anilines is 8. The summed E-state index contributed by atoms with van der Waals surface area (Å²) in [6, 6.07) is 37.0. The first kappa shape index (κ1) is 41.6. The molecule has 7 aromatic carbocycles. The van der Waals surface area contributed by atoms with Crippen molar-refractivity contribution in [1.29, 1.82) is 0 Å². The summed E-state index contributed by atoms with van der Waals surface area (Å²) in [5.41, 5.74) is 30.5. The molecule has 0 aliphatic carbocycles. The predicted molar refractivity (Wildman–Crippen MR) is 297 cm³/mol. The van der Waals surface area contributed by atoms with Crippen LogP contribution in [0, 0.1) is 62.3 Å². The van der Waals surface area contributed by atoms with Gasteiger partial charge in [-0.05, 0) is 200 Å². The molecule has 1 N–H and O–H groups in total. The summed E-state index contributed by atoms with van der Waals surface area (Å²) in [5, 5.41) is 3.99. The lowest BCUT2D eigenvalue weighted by molar-refractivity contribution is 0.463. The van der Waals surface area contributed by atoms with E-state index in [1.54, 1.807) is 0 Å². The van der Waals surface area contributed by atoms with Crippen LogP contribution in [0.25, 0.3) is 0 Å². The first-order valence-electron chi connectivity index (χ1n) is 25.1. The second-order valence-corrected chi connectivity index (χ2v) is 21.3. The molecule has 0 bridgehead atoms. The van der Waals surface area contributed by atoms with Crippen LogP contribution in [0.4, 0.5) is 45.5 Å². The van der Waals surface area contributed by atoms with Gasteiger partial charge in [0.2, 0.25) is 0 Å². The zero-order valence-corrected chi connectivity index (χ0v) is 41.8.